The Bertz CT molecular complexity index is 2150. The Hall–Kier alpha value is -6.30. The fourth-order valence-electron chi connectivity index (χ4n) is 8.36. The van der Waals surface area contributed by atoms with Gasteiger partial charge in [0.2, 0.25) is 5.91 Å². The molecule has 366 valence electrons. The first-order chi connectivity index (χ1) is 31.7. The Balaban J connectivity index is 0.000000251. The second-order valence-electron chi connectivity index (χ2n) is 16.7. The molecular formula is C43H51F8N9O7. The summed E-state index contributed by atoms with van der Waals surface area (Å²) >= 11 is 0. The van der Waals surface area contributed by atoms with Gasteiger partial charge in [0.1, 0.15) is 29.7 Å². The summed E-state index contributed by atoms with van der Waals surface area (Å²) < 4.78 is 110. The summed E-state index contributed by atoms with van der Waals surface area (Å²) in [6.45, 7) is 0.219. The predicted molar refractivity (Wildman–Crippen MR) is 219 cm³/mol. The first-order valence-electron chi connectivity index (χ1n) is 21.5. The molecule has 2 aliphatic heterocycles. The number of hydrogen-bond donors (Lipinski definition) is 4. The molecule has 2 saturated carbocycles. The molecule has 4 fully saturated rings. The van der Waals surface area contributed by atoms with Crippen molar-refractivity contribution in [3.8, 4) is 23.6 Å². The van der Waals surface area contributed by atoms with E-state index in [0.717, 1.165) is 49.9 Å². The third kappa shape index (κ3) is 15.6. The van der Waals surface area contributed by atoms with Crippen molar-refractivity contribution in [2.75, 3.05) is 39.8 Å². The van der Waals surface area contributed by atoms with Gasteiger partial charge in [0.05, 0.1) is 24.2 Å². The smallest absolute Gasteiger partial charge is 0.406 e. The highest BCUT2D eigenvalue weighted by molar-refractivity contribution is 5.78. The molecule has 0 radical (unpaired) electrons. The minimum absolute atomic E-state index is 0.00124. The van der Waals surface area contributed by atoms with Crippen molar-refractivity contribution in [1.29, 1.82) is 10.5 Å². The zero-order valence-electron chi connectivity index (χ0n) is 36.3. The summed E-state index contributed by atoms with van der Waals surface area (Å²) in [6, 6.07) is 7.69. The number of piperidine rings is 2. The van der Waals surface area contributed by atoms with Crippen LogP contribution in [-0.2, 0) is 17.9 Å². The molecule has 4 aliphatic rings. The molecule has 2 aliphatic carbocycles. The molecule has 4 atom stereocenters. The Morgan fingerprint density at radius 2 is 1.18 bits per heavy atom. The number of aliphatic hydroxyl groups is 1. The van der Waals surface area contributed by atoms with E-state index in [1.807, 2.05) is 0 Å². The van der Waals surface area contributed by atoms with Gasteiger partial charge in [0.25, 0.3) is 0 Å². The molecule has 2 aromatic carbocycles. The lowest BCUT2D eigenvalue weighted by atomic mass is 9.89. The van der Waals surface area contributed by atoms with Crippen molar-refractivity contribution in [3.63, 3.8) is 0 Å². The van der Waals surface area contributed by atoms with Crippen LogP contribution >= 0.6 is 0 Å². The maximum absolute atomic E-state index is 14.3. The summed E-state index contributed by atoms with van der Waals surface area (Å²) in [6.07, 6.45) is -4.43. The van der Waals surface area contributed by atoms with Crippen molar-refractivity contribution in [2.24, 2.45) is 11.8 Å². The fourth-order valence-corrected chi connectivity index (χ4v) is 8.36. The zero-order chi connectivity index (χ0) is 49.1. The number of nitrogens with zero attached hydrogens (tertiary/aromatic N) is 6. The van der Waals surface area contributed by atoms with Crippen LogP contribution in [0.5, 0.6) is 11.5 Å². The van der Waals surface area contributed by atoms with Crippen molar-refractivity contribution in [2.45, 2.75) is 108 Å². The first-order valence-corrected chi connectivity index (χ1v) is 21.5. The van der Waals surface area contributed by atoms with E-state index in [9.17, 15) is 59.4 Å². The maximum Gasteiger partial charge on any atom is 0.573 e. The highest BCUT2D eigenvalue weighted by Gasteiger charge is 2.43. The van der Waals surface area contributed by atoms with Crippen LogP contribution in [0.25, 0.3) is 0 Å². The van der Waals surface area contributed by atoms with E-state index >= 15 is 0 Å². The monoisotopic (exact) mass is 957 g/mol. The van der Waals surface area contributed by atoms with Gasteiger partial charge in [-0.1, -0.05) is 12.1 Å². The van der Waals surface area contributed by atoms with Crippen LogP contribution in [0.3, 0.4) is 0 Å². The highest BCUT2D eigenvalue weighted by atomic mass is 19.4. The highest BCUT2D eigenvalue weighted by Crippen LogP contribution is 2.36. The van der Waals surface area contributed by atoms with E-state index in [0.29, 0.717) is 57.5 Å². The van der Waals surface area contributed by atoms with Crippen LogP contribution in [0, 0.1) is 46.1 Å². The minimum atomic E-state index is -4.94. The number of carbonyl (C=O) groups excluding carboxylic acids is 4. The summed E-state index contributed by atoms with van der Waals surface area (Å²) in [5, 5.41) is 35.1. The number of likely N-dealkylation sites (tertiary alicyclic amines) is 2. The third-order valence-electron chi connectivity index (χ3n) is 11.6. The number of alkyl halides is 6. The number of aliphatic hydroxyl groups excluding tert-OH is 1. The van der Waals surface area contributed by atoms with Crippen LogP contribution < -0.4 is 25.4 Å². The van der Waals surface area contributed by atoms with E-state index in [1.54, 1.807) is 14.7 Å². The average Bonchev–Trinajstić information content (AvgIpc) is 4.21. The van der Waals surface area contributed by atoms with E-state index in [-0.39, 0.29) is 79.2 Å². The average molecular weight is 958 g/mol. The minimum Gasteiger partial charge on any atom is -0.406 e. The van der Waals surface area contributed by atoms with Gasteiger partial charge in [-0.25, -0.2) is 23.2 Å². The standard InChI is InChI=1S/C22H27F4N5O3.C21H24F4N4O4/c1-28-20(32)30-12-14(3-2-8-27)9-17(13-30)31(16-5-6-16)21(33)29-11-15-4-7-18(10-19(15)23)34-22(24,25)26;22-18-8-17(33-21(23,24)25)4-1-14(18)9-27-20(32)29(15-2-3-15)16-7-13(5-6-26)10-28(11-16)19(31)12-30/h4,7,10,14,16-17H,2-3,5-6,9,11-13H2,1H3,(H,28,32)(H,29,33);1,4,8,13,15-16,30H,2-3,5,7,9-12H2,(H,27,32)/t14-,17?;/m0./s1. The number of rotatable bonds is 14. The molecule has 0 aromatic heterocycles. The zero-order valence-corrected chi connectivity index (χ0v) is 36.3. The molecule has 0 spiro atoms. The van der Waals surface area contributed by atoms with Crippen LogP contribution in [0.4, 0.5) is 49.5 Å². The molecule has 6 rings (SSSR count). The molecule has 24 heteroatoms. The number of nitriles is 2. The molecule has 4 N–H and O–H groups in total. The van der Waals surface area contributed by atoms with E-state index in [2.05, 4.69) is 37.6 Å². The number of urea groups is 3. The number of benzene rings is 2. The summed E-state index contributed by atoms with van der Waals surface area (Å²) in [5.41, 5.74) is -0.00198. The van der Waals surface area contributed by atoms with Gasteiger partial charge < -0.3 is 50.1 Å². The van der Waals surface area contributed by atoms with E-state index in [4.69, 9.17) is 10.5 Å². The molecule has 7 amide bonds. The van der Waals surface area contributed by atoms with Gasteiger partial charge in [0, 0.05) is 94.5 Å². The van der Waals surface area contributed by atoms with Crippen molar-refractivity contribution in [1.82, 2.24) is 35.6 Å². The number of nitrogens with one attached hydrogen (secondary N) is 3. The molecular weight excluding hydrogens is 907 g/mol. The van der Waals surface area contributed by atoms with Crippen LogP contribution in [0.2, 0.25) is 0 Å². The number of amides is 7. The summed E-state index contributed by atoms with van der Waals surface area (Å²) in [5.74, 6) is -3.85. The number of carbonyl (C=O) groups is 4. The Morgan fingerprint density at radius 3 is 1.58 bits per heavy atom. The molecule has 16 nitrogen and oxygen atoms in total. The fraction of sp³-hybridized carbons (Fsp3) is 0.581. The predicted octanol–water partition coefficient (Wildman–Crippen LogP) is 6.25. The lowest BCUT2D eigenvalue weighted by molar-refractivity contribution is -0.275. The number of ether oxygens (including phenoxy) is 2. The largest absolute Gasteiger partial charge is 0.573 e. The molecule has 67 heavy (non-hydrogen) atoms. The number of halogens is 8. The second kappa shape index (κ2) is 22.9. The van der Waals surface area contributed by atoms with Gasteiger partial charge in [-0.15, -0.1) is 26.3 Å². The lowest BCUT2D eigenvalue weighted by Gasteiger charge is -2.42. The summed E-state index contributed by atoms with van der Waals surface area (Å²) in [7, 11) is 1.53. The second-order valence-corrected chi connectivity index (χ2v) is 16.7. The Labute approximate surface area is 380 Å². The van der Waals surface area contributed by atoms with Crippen molar-refractivity contribution in [3.05, 3.63) is 59.2 Å². The van der Waals surface area contributed by atoms with E-state index in [1.165, 1.54) is 11.9 Å². The van der Waals surface area contributed by atoms with Gasteiger partial charge in [0.15, 0.2) is 0 Å². The molecule has 2 saturated heterocycles. The van der Waals surface area contributed by atoms with Gasteiger partial charge in [-0.2, -0.15) is 10.5 Å². The first kappa shape index (κ1) is 51.7. The quantitative estimate of drug-likeness (QED) is 0.158. The molecule has 0 bridgehead atoms. The summed E-state index contributed by atoms with van der Waals surface area (Å²) in [4.78, 5) is 56.8. The third-order valence-corrected chi connectivity index (χ3v) is 11.6. The molecule has 2 heterocycles. The topological polar surface area (TPSA) is 204 Å². The normalized spacial score (nSPS) is 20.5. The van der Waals surface area contributed by atoms with Crippen LogP contribution in [0.15, 0.2) is 36.4 Å². The lowest BCUT2D eigenvalue weighted by Crippen LogP contribution is -2.58. The Morgan fingerprint density at radius 1 is 0.716 bits per heavy atom. The van der Waals surface area contributed by atoms with Crippen LogP contribution in [-0.4, -0.2) is 125 Å². The van der Waals surface area contributed by atoms with Crippen LogP contribution in [0.1, 0.15) is 68.9 Å². The Kier molecular flexibility index (Phi) is 17.7. The van der Waals surface area contributed by atoms with Crippen molar-refractivity contribution < 1.29 is 68.9 Å². The maximum atomic E-state index is 14.3. The van der Waals surface area contributed by atoms with Gasteiger partial charge in [-0.05, 0) is 68.9 Å². The van der Waals surface area contributed by atoms with Gasteiger partial charge in [-0.3, -0.25) is 4.79 Å². The van der Waals surface area contributed by atoms with Crippen molar-refractivity contribution >= 4 is 24.0 Å². The van der Waals surface area contributed by atoms with Gasteiger partial charge >= 0.3 is 30.8 Å². The SMILES string of the molecule is CNC(=O)N1CC(N(C(=O)NCc2ccc(OC(F)(F)F)cc2F)C2CC2)C[C@H](CCC#N)C1.N#CCC1CC(N(C(=O)NCc2ccc(OC(F)(F)F)cc2F)C2CC2)CN(C(=O)CO)C1. The number of hydrogen-bond acceptors (Lipinski definition) is 9. The molecule has 2 aromatic rings. The van der Waals surface area contributed by atoms with E-state index < -0.39 is 60.4 Å². The molecule has 3 unspecified atom stereocenters.